The van der Waals surface area contributed by atoms with Crippen molar-refractivity contribution < 1.29 is 32.2 Å². The highest BCUT2D eigenvalue weighted by Crippen LogP contribution is 2.36. The van der Waals surface area contributed by atoms with Crippen LogP contribution in [0.3, 0.4) is 0 Å². The molecule has 1 aliphatic rings. The Kier molecular flexibility index (Phi) is 9.87. The third kappa shape index (κ3) is 8.16. The molecule has 37 heavy (non-hydrogen) atoms. The highest BCUT2D eigenvalue weighted by Gasteiger charge is 2.38. The van der Waals surface area contributed by atoms with E-state index in [2.05, 4.69) is 20.9 Å². The molecule has 0 aliphatic carbocycles. The van der Waals surface area contributed by atoms with Crippen LogP contribution in [0, 0.1) is 5.92 Å². The second-order valence-electron chi connectivity index (χ2n) is 9.04. The summed E-state index contributed by atoms with van der Waals surface area (Å²) in [6.45, 7) is 7.10. The highest BCUT2D eigenvalue weighted by molar-refractivity contribution is 5.78. The summed E-state index contributed by atoms with van der Waals surface area (Å²) in [7, 11) is 0. The largest absolute Gasteiger partial charge is 0.478 e. The molecule has 0 radical (unpaired) electrons. The number of aromatic nitrogens is 1. The second-order valence-corrected chi connectivity index (χ2v) is 9.04. The van der Waals surface area contributed by atoms with Crippen LogP contribution in [-0.2, 0) is 27.0 Å². The molecule has 2 heterocycles. The summed E-state index contributed by atoms with van der Waals surface area (Å²) in [4.78, 5) is 28.7. The molecule has 11 heteroatoms. The summed E-state index contributed by atoms with van der Waals surface area (Å²) >= 11 is 0. The van der Waals surface area contributed by atoms with E-state index in [-0.39, 0.29) is 30.4 Å². The smallest absolute Gasteiger partial charge is 0.416 e. The number of amides is 2. The lowest BCUT2D eigenvalue weighted by Gasteiger charge is -2.33. The molecule has 0 bridgehead atoms. The number of rotatable bonds is 11. The molecule has 3 N–H and O–H groups in total. The van der Waals surface area contributed by atoms with Gasteiger partial charge in [-0.3, -0.25) is 14.9 Å². The maximum Gasteiger partial charge on any atom is 0.416 e. The number of ether oxygens (including phenoxy) is 2. The zero-order valence-corrected chi connectivity index (χ0v) is 21.2. The molecule has 3 rings (SSSR count). The second kappa shape index (κ2) is 12.9. The number of alkyl halides is 3. The van der Waals surface area contributed by atoms with Crippen molar-refractivity contribution in [3.05, 3.63) is 58.8 Å². The average Bonchev–Trinajstić information content (AvgIpc) is 2.86. The fourth-order valence-electron chi connectivity index (χ4n) is 3.87. The predicted octanol–water partition coefficient (Wildman–Crippen LogP) is 4.03. The molecule has 0 spiro atoms. The quantitative estimate of drug-likeness (QED) is 0.386. The summed E-state index contributed by atoms with van der Waals surface area (Å²) in [6, 6.07) is 6.51. The molecule has 1 aromatic carbocycles. The number of hydrogen-bond donors (Lipinski definition) is 3. The fourth-order valence-corrected chi connectivity index (χ4v) is 3.87. The number of nitrogens with zero attached hydrogens (tertiary/aromatic N) is 1. The Balaban J connectivity index is 1.76. The Morgan fingerprint density at radius 3 is 2.65 bits per heavy atom. The van der Waals surface area contributed by atoms with Crippen LogP contribution in [0.2, 0.25) is 0 Å². The van der Waals surface area contributed by atoms with Crippen molar-refractivity contribution in [1.29, 1.82) is 0 Å². The van der Waals surface area contributed by atoms with E-state index < -0.39 is 29.9 Å². The minimum atomic E-state index is -4.63. The van der Waals surface area contributed by atoms with Crippen LogP contribution in [0.5, 0.6) is 5.88 Å². The lowest BCUT2D eigenvalue weighted by atomic mass is 9.96. The van der Waals surface area contributed by atoms with Crippen molar-refractivity contribution in [2.24, 2.45) is 5.92 Å². The Labute approximate surface area is 214 Å². The molecule has 202 valence electrons. The van der Waals surface area contributed by atoms with Crippen molar-refractivity contribution in [3.8, 4) is 5.88 Å². The first-order valence-corrected chi connectivity index (χ1v) is 12.3. The molecule has 8 nitrogen and oxygen atoms in total. The Morgan fingerprint density at radius 1 is 1.22 bits per heavy atom. The molecule has 2 atom stereocenters. The lowest BCUT2D eigenvalue weighted by Crippen LogP contribution is -2.47. The number of hydrogen-bond acceptors (Lipinski definition) is 6. The van der Waals surface area contributed by atoms with Gasteiger partial charge in [0.15, 0.2) is 0 Å². The van der Waals surface area contributed by atoms with Crippen molar-refractivity contribution in [2.75, 3.05) is 19.8 Å². The maximum atomic E-state index is 13.8. The maximum absolute atomic E-state index is 13.8. The van der Waals surface area contributed by atoms with Gasteiger partial charge in [-0.1, -0.05) is 26.0 Å². The number of carbonyl (C=O) groups excluding carboxylic acids is 2. The number of nitrogens with one attached hydrogen (secondary N) is 3. The van der Waals surface area contributed by atoms with Gasteiger partial charge in [-0.15, -0.1) is 0 Å². The Morgan fingerprint density at radius 2 is 2.00 bits per heavy atom. The topological polar surface area (TPSA) is 102 Å². The van der Waals surface area contributed by atoms with Gasteiger partial charge < -0.3 is 20.1 Å². The van der Waals surface area contributed by atoms with Gasteiger partial charge in [0.05, 0.1) is 12.2 Å². The highest BCUT2D eigenvalue weighted by atomic mass is 19.4. The molecule has 0 saturated carbocycles. The van der Waals surface area contributed by atoms with E-state index in [1.165, 1.54) is 12.1 Å². The molecule has 1 aromatic heterocycles. The minimum Gasteiger partial charge on any atom is -0.478 e. The molecule has 1 saturated heterocycles. The third-order valence-electron chi connectivity index (χ3n) is 5.83. The van der Waals surface area contributed by atoms with E-state index in [1.54, 1.807) is 32.2 Å². The lowest BCUT2D eigenvalue weighted by molar-refractivity contribution is -0.139. The average molecular weight is 523 g/mol. The summed E-state index contributed by atoms with van der Waals surface area (Å²) < 4.78 is 52.4. The molecular formula is C26H33F3N4O4. The summed E-state index contributed by atoms with van der Waals surface area (Å²) in [5.41, 5.74) is 0.154. The van der Waals surface area contributed by atoms with Gasteiger partial charge in [0.1, 0.15) is 6.17 Å². The van der Waals surface area contributed by atoms with Gasteiger partial charge >= 0.3 is 6.18 Å². The van der Waals surface area contributed by atoms with E-state index in [4.69, 9.17) is 9.47 Å². The van der Waals surface area contributed by atoms with Crippen molar-refractivity contribution in [2.45, 2.75) is 58.5 Å². The van der Waals surface area contributed by atoms with Crippen LogP contribution < -0.4 is 20.7 Å². The third-order valence-corrected chi connectivity index (χ3v) is 5.83. The predicted molar refractivity (Wildman–Crippen MR) is 130 cm³/mol. The van der Waals surface area contributed by atoms with Gasteiger partial charge in [0.25, 0.3) is 0 Å². The van der Waals surface area contributed by atoms with E-state index >= 15 is 0 Å². The first kappa shape index (κ1) is 28.4. The van der Waals surface area contributed by atoms with Crippen LogP contribution >= 0.6 is 0 Å². The SMILES string of the molecule is CCOCCCOc1ccc(C2CC(=O)NC(c3cc(CNC(=O)C(C)C)ccc3C(F)(F)F)N2)cn1. The van der Waals surface area contributed by atoms with Crippen molar-refractivity contribution in [3.63, 3.8) is 0 Å². The van der Waals surface area contributed by atoms with Crippen LogP contribution in [0.25, 0.3) is 0 Å². The van der Waals surface area contributed by atoms with E-state index in [1.807, 2.05) is 6.92 Å². The summed E-state index contributed by atoms with van der Waals surface area (Å²) in [5.74, 6) is -0.446. The van der Waals surface area contributed by atoms with Gasteiger partial charge in [0, 0.05) is 62.4 Å². The minimum absolute atomic E-state index is 0.0399. The number of benzene rings is 1. The van der Waals surface area contributed by atoms with Gasteiger partial charge in [0.2, 0.25) is 17.7 Å². The van der Waals surface area contributed by atoms with E-state index in [0.717, 1.165) is 6.07 Å². The summed E-state index contributed by atoms with van der Waals surface area (Å²) in [5, 5.41) is 8.43. The van der Waals surface area contributed by atoms with Crippen LogP contribution in [0.15, 0.2) is 36.5 Å². The Bertz CT molecular complexity index is 1060. The number of halogens is 3. The molecule has 2 unspecified atom stereocenters. The molecule has 2 aromatic rings. The van der Waals surface area contributed by atoms with Crippen LogP contribution in [0.4, 0.5) is 13.2 Å². The van der Waals surface area contributed by atoms with Crippen molar-refractivity contribution in [1.82, 2.24) is 20.9 Å². The van der Waals surface area contributed by atoms with Crippen molar-refractivity contribution >= 4 is 11.8 Å². The first-order valence-electron chi connectivity index (χ1n) is 12.3. The number of carbonyl (C=O) groups is 2. The summed E-state index contributed by atoms with van der Waals surface area (Å²) in [6.07, 6.45) is -3.41. The monoisotopic (exact) mass is 522 g/mol. The van der Waals surface area contributed by atoms with Gasteiger partial charge in [-0.2, -0.15) is 13.2 Å². The number of pyridine rings is 1. The standard InChI is InChI=1S/C26H33F3N4O4/c1-4-36-10-5-11-37-23-9-7-18(15-30-23)21-13-22(34)33-24(32-21)19-12-17(14-31-25(35)16(2)3)6-8-20(19)26(27,28)29/h6-9,12,15-16,21,24,32H,4-5,10-11,13-14H2,1-3H3,(H,31,35)(H,33,34). The molecular weight excluding hydrogens is 489 g/mol. The zero-order valence-electron chi connectivity index (χ0n) is 21.2. The normalized spacial score (nSPS) is 18.0. The molecule has 2 amide bonds. The zero-order chi connectivity index (χ0) is 27.0. The van der Waals surface area contributed by atoms with E-state index in [9.17, 15) is 22.8 Å². The van der Waals surface area contributed by atoms with Crippen LogP contribution in [-0.4, -0.2) is 36.6 Å². The molecule has 1 aliphatic heterocycles. The first-order chi connectivity index (χ1) is 17.6. The Hall–Kier alpha value is -3.18. The van der Waals surface area contributed by atoms with Gasteiger partial charge in [-0.25, -0.2) is 4.98 Å². The van der Waals surface area contributed by atoms with E-state index in [0.29, 0.717) is 43.2 Å². The van der Waals surface area contributed by atoms with Crippen LogP contribution in [0.1, 0.15) is 68.1 Å². The van der Waals surface area contributed by atoms with Gasteiger partial charge in [-0.05, 0) is 30.2 Å². The fraction of sp³-hybridized carbons (Fsp3) is 0.500. The molecule has 1 fully saturated rings.